The van der Waals surface area contributed by atoms with Gasteiger partial charge in [0.15, 0.2) is 5.78 Å². The summed E-state index contributed by atoms with van der Waals surface area (Å²) in [5, 5.41) is 11.0. The largest absolute Gasteiger partial charge is 0.507 e. The molecule has 0 aliphatic carbocycles. The van der Waals surface area contributed by atoms with Crippen molar-refractivity contribution in [3.8, 4) is 5.75 Å². The molecule has 0 fully saturated rings. The molecule has 9 heteroatoms. The standard InChI is InChI=1S/C20H28NO7P/c1-7-26-29(25,27-8-2)18-9-14-15(13(3)22)11-21(16(14)10-17(18)23)12-19(24)28-20(4,5)6/h9-11,23H,7-8,12H2,1-6H3. The number of carbonyl (C=O) groups excluding carboxylic acids is 2. The fourth-order valence-electron chi connectivity index (χ4n) is 2.97. The number of aromatic hydroxyl groups is 1. The molecule has 2 aromatic rings. The van der Waals surface area contributed by atoms with Gasteiger partial charge in [-0.2, -0.15) is 0 Å². The highest BCUT2D eigenvalue weighted by Gasteiger charge is 2.32. The molecule has 0 aliphatic heterocycles. The summed E-state index contributed by atoms with van der Waals surface area (Å²) in [4.78, 5) is 24.4. The van der Waals surface area contributed by atoms with Crippen LogP contribution in [0.25, 0.3) is 10.9 Å². The number of ketones is 1. The van der Waals surface area contributed by atoms with Gasteiger partial charge in [0, 0.05) is 23.2 Å². The Bertz CT molecular complexity index is 961. The number of ether oxygens (including phenoxy) is 1. The number of fused-ring (bicyclic) bond motifs is 1. The van der Waals surface area contributed by atoms with E-state index >= 15 is 0 Å². The van der Waals surface area contributed by atoms with Crippen LogP contribution in [0.5, 0.6) is 5.75 Å². The number of hydrogen-bond donors (Lipinski definition) is 1. The zero-order chi connectivity index (χ0) is 22.0. The number of nitrogens with zero attached hydrogens (tertiary/aromatic N) is 1. The molecule has 1 heterocycles. The van der Waals surface area contributed by atoms with Crippen LogP contribution in [-0.4, -0.2) is 40.2 Å². The normalized spacial score (nSPS) is 12.3. The molecule has 2 rings (SSSR count). The van der Waals surface area contributed by atoms with Crippen LogP contribution in [0, 0.1) is 0 Å². The second-order valence-electron chi connectivity index (χ2n) is 7.50. The molecular formula is C20H28NO7P. The Morgan fingerprint density at radius 3 is 2.21 bits per heavy atom. The van der Waals surface area contributed by atoms with E-state index in [1.165, 1.54) is 29.8 Å². The van der Waals surface area contributed by atoms with Gasteiger partial charge in [-0.05, 0) is 47.6 Å². The van der Waals surface area contributed by atoms with Gasteiger partial charge in [0.1, 0.15) is 23.2 Å². The molecule has 0 saturated heterocycles. The Morgan fingerprint density at radius 2 is 1.72 bits per heavy atom. The van der Waals surface area contributed by atoms with E-state index in [-0.39, 0.29) is 36.6 Å². The van der Waals surface area contributed by atoms with E-state index in [0.717, 1.165) is 0 Å². The molecule has 0 amide bonds. The van der Waals surface area contributed by atoms with Crippen molar-refractivity contribution in [2.45, 2.75) is 53.7 Å². The molecule has 29 heavy (non-hydrogen) atoms. The number of rotatable bonds is 8. The van der Waals surface area contributed by atoms with Gasteiger partial charge in [-0.25, -0.2) is 0 Å². The summed E-state index contributed by atoms with van der Waals surface area (Å²) in [6.07, 6.45) is 1.52. The van der Waals surface area contributed by atoms with Crippen molar-refractivity contribution in [3.63, 3.8) is 0 Å². The van der Waals surface area contributed by atoms with Crippen molar-refractivity contribution in [2.75, 3.05) is 13.2 Å². The van der Waals surface area contributed by atoms with Gasteiger partial charge in [0.25, 0.3) is 0 Å². The second kappa shape index (κ2) is 8.69. The highest BCUT2D eigenvalue weighted by atomic mass is 31.2. The Hall–Kier alpha value is -2.15. The van der Waals surface area contributed by atoms with Gasteiger partial charge in [-0.3, -0.25) is 14.2 Å². The molecule has 8 nitrogen and oxygen atoms in total. The summed E-state index contributed by atoms with van der Waals surface area (Å²) in [6, 6.07) is 2.78. The van der Waals surface area contributed by atoms with E-state index in [4.69, 9.17) is 13.8 Å². The molecule has 0 unspecified atom stereocenters. The quantitative estimate of drug-likeness (QED) is 0.390. The van der Waals surface area contributed by atoms with Crippen LogP contribution in [0.1, 0.15) is 51.9 Å². The summed E-state index contributed by atoms with van der Waals surface area (Å²) in [7, 11) is -3.77. The molecule has 160 valence electrons. The SMILES string of the molecule is CCOP(=O)(OCC)c1cc2c(C(C)=O)cn(CC(=O)OC(C)(C)C)c2cc1O. The minimum Gasteiger partial charge on any atom is -0.507 e. The van der Waals surface area contributed by atoms with Crippen LogP contribution in [0.15, 0.2) is 18.3 Å². The van der Waals surface area contributed by atoms with E-state index in [1.807, 2.05) is 0 Å². The Balaban J connectivity index is 2.62. The van der Waals surface area contributed by atoms with Crippen molar-refractivity contribution in [1.82, 2.24) is 4.57 Å². The van der Waals surface area contributed by atoms with Crippen LogP contribution in [0.2, 0.25) is 0 Å². The van der Waals surface area contributed by atoms with Gasteiger partial charge in [-0.15, -0.1) is 0 Å². The molecule has 1 aromatic carbocycles. The lowest BCUT2D eigenvalue weighted by atomic mass is 10.1. The van der Waals surface area contributed by atoms with E-state index in [0.29, 0.717) is 16.5 Å². The van der Waals surface area contributed by atoms with Crippen molar-refractivity contribution in [3.05, 3.63) is 23.9 Å². The smallest absolute Gasteiger partial charge is 0.365 e. The Morgan fingerprint density at radius 1 is 1.14 bits per heavy atom. The lowest BCUT2D eigenvalue weighted by Gasteiger charge is -2.20. The third-order valence-electron chi connectivity index (χ3n) is 3.97. The first-order valence-electron chi connectivity index (χ1n) is 9.40. The number of aromatic nitrogens is 1. The van der Waals surface area contributed by atoms with Crippen molar-refractivity contribution >= 4 is 35.6 Å². The number of benzene rings is 1. The van der Waals surface area contributed by atoms with Crippen LogP contribution in [0.3, 0.4) is 0 Å². The highest BCUT2D eigenvalue weighted by molar-refractivity contribution is 7.62. The predicted molar refractivity (Wildman–Crippen MR) is 110 cm³/mol. The predicted octanol–water partition coefficient (Wildman–Crippen LogP) is 3.78. The van der Waals surface area contributed by atoms with Crippen LogP contribution < -0.4 is 5.30 Å². The van der Waals surface area contributed by atoms with Gasteiger partial charge < -0.3 is 23.5 Å². The van der Waals surface area contributed by atoms with Crippen molar-refractivity contribution in [1.29, 1.82) is 0 Å². The molecular weight excluding hydrogens is 397 g/mol. The second-order valence-corrected chi connectivity index (χ2v) is 9.50. The van der Waals surface area contributed by atoms with E-state index in [2.05, 4.69) is 0 Å². The maximum absolute atomic E-state index is 13.1. The average molecular weight is 425 g/mol. The number of esters is 1. The first-order chi connectivity index (χ1) is 13.4. The molecule has 0 saturated carbocycles. The molecule has 1 N–H and O–H groups in total. The monoisotopic (exact) mass is 425 g/mol. The molecule has 0 atom stereocenters. The van der Waals surface area contributed by atoms with E-state index in [9.17, 15) is 19.3 Å². The van der Waals surface area contributed by atoms with Crippen molar-refractivity contribution in [2.24, 2.45) is 0 Å². The van der Waals surface area contributed by atoms with Crippen LogP contribution in [-0.2, 0) is 29.7 Å². The maximum atomic E-state index is 13.1. The zero-order valence-electron chi connectivity index (χ0n) is 17.6. The number of phenolic OH excluding ortho intramolecular Hbond substituents is 1. The van der Waals surface area contributed by atoms with Gasteiger partial charge in [0.05, 0.1) is 18.7 Å². The number of carbonyl (C=O) groups is 2. The van der Waals surface area contributed by atoms with Crippen LogP contribution >= 0.6 is 7.60 Å². The summed E-state index contributed by atoms with van der Waals surface area (Å²) in [5.74, 6) is -1.03. The number of phenols is 1. The summed E-state index contributed by atoms with van der Waals surface area (Å²) < 4.78 is 30.6. The fraction of sp³-hybridized carbons (Fsp3) is 0.500. The molecule has 0 radical (unpaired) electrons. The minimum absolute atomic E-state index is 0.0220. The molecule has 0 bridgehead atoms. The maximum Gasteiger partial charge on any atom is 0.365 e. The summed E-state index contributed by atoms with van der Waals surface area (Å²) in [6.45, 7) is 10.1. The first-order valence-corrected chi connectivity index (χ1v) is 10.9. The highest BCUT2D eigenvalue weighted by Crippen LogP contribution is 2.50. The topological polar surface area (TPSA) is 104 Å². The van der Waals surface area contributed by atoms with E-state index in [1.54, 1.807) is 34.6 Å². The lowest BCUT2D eigenvalue weighted by Crippen LogP contribution is -2.26. The fourth-order valence-corrected chi connectivity index (χ4v) is 4.64. The van der Waals surface area contributed by atoms with Gasteiger partial charge >= 0.3 is 13.6 Å². The molecule has 0 aliphatic rings. The van der Waals surface area contributed by atoms with E-state index < -0.39 is 19.2 Å². The number of Topliss-reactive ketones (excluding diaryl/α,β-unsaturated/α-hetero) is 1. The zero-order valence-corrected chi connectivity index (χ0v) is 18.5. The minimum atomic E-state index is -3.77. The molecule has 0 spiro atoms. The van der Waals surface area contributed by atoms with Crippen LogP contribution in [0.4, 0.5) is 0 Å². The third-order valence-corrected chi connectivity index (χ3v) is 6.11. The summed E-state index contributed by atoms with van der Waals surface area (Å²) >= 11 is 0. The lowest BCUT2D eigenvalue weighted by molar-refractivity contribution is -0.155. The summed E-state index contributed by atoms with van der Waals surface area (Å²) in [5.41, 5.74) is 0.103. The third kappa shape index (κ3) is 5.26. The Labute approximate surface area is 170 Å². The number of hydrogen-bond acceptors (Lipinski definition) is 7. The first kappa shape index (κ1) is 23.1. The average Bonchev–Trinajstić information content (AvgIpc) is 2.90. The Kier molecular flexibility index (Phi) is 6.93. The van der Waals surface area contributed by atoms with Crippen molar-refractivity contribution < 1.29 is 33.0 Å². The van der Waals surface area contributed by atoms with Gasteiger partial charge in [-0.1, -0.05) is 0 Å². The molecule has 1 aromatic heterocycles. The van der Waals surface area contributed by atoms with Gasteiger partial charge in [0.2, 0.25) is 0 Å².